The highest BCUT2D eigenvalue weighted by Gasteiger charge is 2.47. The van der Waals surface area contributed by atoms with Crippen LogP contribution in [0.4, 0.5) is 4.39 Å². The van der Waals surface area contributed by atoms with Gasteiger partial charge in [-0.2, -0.15) is 0 Å². The molecule has 1 unspecified atom stereocenters. The molecule has 1 fully saturated rings. The first-order chi connectivity index (χ1) is 15.4. The molecular weight excluding hydrogens is 484 g/mol. The molecule has 0 bridgehead atoms. The second-order valence-electron chi connectivity index (χ2n) is 8.91. The van der Waals surface area contributed by atoms with Crippen LogP contribution in [0.3, 0.4) is 0 Å². The lowest BCUT2D eigenvalue weighted by Crippen LogP contribution is -2.49. The van der Waals surface area contributed by atoms with E-state index in [1.807, 2.05) is 18.2 Å². The second kappa shape index (κ2) is 11.4. The molecule has 4 nitrogen and oxygen atoms in total. The summed E-state index contributed by atoms with van der Waals surface area (Å²) in [5.74, 6) is 0.703. The number of fused-ring (bicyclic) bond motifs is 1. The van der Waals surface area contributed by atoms with Gasteiger partial charge in [0, 0.05) is 16.5 Å². The zero-order chi connectivity index (χ0) is 22.6. The van der Waals surface area contributed by atoms with Gasteiger partial charge in [0.25, 0.3) is 0 Å². The second-order valence-corrected chi connectivity index (χ2v) is 11.7. The number of nitrogens with one attached hydrogen (secondary N) is 1. The molecule has 8 heteroatoms. The Morgan fingerprint density at radius 3 is 2.48 bits per heavy atom. The van der Waals surface area contributed by atoms with Crippen LogP contribution in [0, 0.1) is 0 Å². The highest BCUT2D eigenvalue weighted by molar-refractivity contribution is 7.91. The van der Waals surface area contributed by atoms with Crippen LogP contribution in [-0.4, -0.2) is 39.7 Å². The van der Waals surface area contributed by atoms with Crippen LogP contribution in [0.5, 0.6) is 5.75 Å². The first kappa shape index (κ1) is 26.3. The largest absolute Gasteiger partial charge is 0.494 e. The molecule has 1 heterocycles. The molecule has 0 amide bonds. The maximum absolute atomic E-state index is 12.2. The van der Waals surface area contributed by atoms with Crippen LogP contribution >= 0.6 is 24.0 Å². The van der Waals surface area contributed by atoms with Gasteiger partial charge in [0.2, 0.25) is 0 Å². The van der Waals surface area contributed by atoms with Gasteiger partial charge >= 0.3 is 0 Å². The summed E-state index contributed by atoms with van der Waals surface area (Å²) < 4.78 is 42.0. The van der Waals surface area contributed by atoms with Crippen molar-refractivity contribution >= 4 is 33.8 Å². The third-order valence-corrected chi connectivity index (χ3v) is 8.92. The highest BCUT2D eigenvalue weighted by Crippen LogP contribution is 2.53. The van der Waals surface area contributed by atoms with E-state index >= 15 is 0 Å². The van der Waals surface area contributed by atoms with Crippen molar-refractivity contribution in [3.05, 3.63) is 64.2 Å². The minimum atomic E-state index is -3.21. The summed E-state index contributed by atoms with van der Waals surface area (Å²) >= 11 is 6.14. The van der Waals surface area contributed by atoms with Gasteiger partial charge in [-0.05, 0) is 79.6 Å². The van der Waals surface area contributed by atoms with E-state index in [0.717, 1.165) is 36.6 Å². The van der Waals surface area contributed by atoms with Crippen LogP contribution in [0.15, 0.2) is 42.5 Å². The molecular formula is C25H32Cl2FNO3S. The van der Waals surface area contributed by atoms with E-state index < -0.39 is 16.5 Å². The molecule has 182 valence electrons. The van der Waals surface area contributed by atoms with Gasteiger partial charge in [-0.15, -0.1) is 12.4 Å². The van der Waals surface area contributed by atoms with Crippen LogP contribution < -0.4 is 10.1 Å². The predicted molar refractivity (Wildman–Crippen MR) is 134 cm³/mol. The summed E-state index contributed by atoms with van der Waals surface area (Å²) in [5, 5.41) is 4.52. The fraction of sp³-hybridized carbons (Fsp3) is 0.520. The summed E-state index contributed by atoms with van der Waals surface area (Å²) in [6.07, 6.45) is 4.93. The molecule has 1 N–H and O–H groups in total. The minimum Gasteiger partial charge on any atom is -0.494 e. The Hall–Kier alpha value is -1.34. The van der Waals surface area contributed by atoms with Crippen molar-refractivity contribution in [2.45, 2.75) is 50.0 Å². The normalized spacial score (nSPS) is 19.2. The molecule has 0 radical (unpaired) electrons. The zero-order valence-electron chi connectivity index (χ0n) is 18.7. The molecule has 33 heavy (non-hydrogen) atoms. The number of alkyl halides is 1. The van der Waals surface area contributed by atoms with Crippen molar-refractivity contribution in [1.82, 2.24) is 5.32 Å². The van der Waals surface area contributed by atoms with Gasteiger partial charge < -0.3 is 10.1 Å². The number of sulfone groups is 1. The molecule has 1 aliphatic carbocycles. The quantitative estimate of drug-likeness (QED) is 0.417. The predicted octanol–water partition coefficient (Wildman–Crippen LogP) is 5.61. The van der Waals surface area contributed by atoms with Crippen LogP contribution in [0.2, 0.25) is 5.02 Å². The third kappa shape index (κ3) is 6.02. The zero-order valence-corrected chi connectivity index (χ0v) is 21.1. The Morgan fingerprint density at radius 1 is 1.09 bits per heavy atom. The summed E-state index contributed by atoms with van der Waals surface area (Å²) in [7, 11) is -3.21. The van der Waals surface area contributed by atoms with Crippen molar-refractivity contribution in [1.29, 1.82) is 0 Å². The number of halogens is 3. The van der Waals surface area contributed by atoms with E-state index in [2.05, 4.69) is 29.6 Å². The molecule has 2 aromatic rings. The van der Waals surface area contributed by atoms with Gasteiger partial charge in [0.1, 0.15) is 5.75 Å². The van der Waals surface area contributed by atoms with Crippen molar-refractivity contribution in [2.75, 3.05) is 31.3 Å². The smallest absolute Gasteiger partial charge is 0.150 e. The molecule has 4 rings (SSSR count). The molecule has 2 aliphatic rings. The SMILES string of the molecule is Cl.O=S(=O)(CCCF)CCCOc1ccc2c(c1)C(C1(c3ccc(Cl)cc3)CCC1)NCC2. The Labute approximate surface area is 207 Å². The van der Waals surface area contributed by atoms with Crippen LogP contribution in [-0.2, 0) is 21.7 Å². The van der Waals surface area contributed by atoms with E-state index in [1.54, 1.807) is 0 Å². The van der Waals surface area contributed by atoms with Crippen LogP contribution in [0.25, 0.3) is 0 Å². The molecule has 0 aromatic heterocycles. The number of ether oxygens (including phenoxy) is 1. The number of hydrogen-bond donors (Lipinski definition) is 1. The molecule has 0 spiro atoms. The molecule has 2 aromatic carbocycles. The molecule has 1 atom stereocenters. The maximum Gasteiger partial charge on any atom is 0.150 e. The summed E-state index contributed by atoms with van der Waals surface area (Å²) in [4.78, 5) is 0. The van der Waals surface area contributed by atoms with E-state index in [0.29, 0.717) is 13.0 Å². The van der Waals surface area contributed by atoms with E-state index in [9.17, 15) is 12.8 Å². The fourth-order valence-electron chi connectivity index (χ4n) is 5.04. The summed E-state index contributed by atoms with van der Waals surface area (Å²) in [6.45, 7) is 0.676. The van der Waals surface area contributed by atoms with Crippen LogP contribution in [0.1, 0.15) is 54.8 Å². The van der Waals surface area contributed by atoms with Crippen molar-refractivity contribution in [3.8, 4) is 5.75 Å². The van der Waals surface area contributed by atoms with Gasteiger partial charge in [-0.1, -0.05) is 36.2 Å². The number of benzene rings is 2. The first-order valence-corrected chi connectivity index (χ1v) is 13.6. The van der Waals surface area contributed by atoms with Crippen molar-refractivity contribution < 1.29 is 17.5 Å². The Kier molecular flexibility index (Phi) is 9.07. The van der Waals surface area contributed by atoms with Crippen molar-refractivity contribution in [2.24, 2.45) is 0 Å². The lowest BCUT2D eigenvalue weighted by molar-refractivity contribution is 0.164. The first-order valence-electron chi connectivity index (χ1n) is 11.4. The lowest BCUT2D eigenvalue weighted by Gasteiger charge is -2.50. The van der Waals surface area contributed by atoms with E-state index in [-0.39, 0.29) is 41.8 Å². The highest BCUT2D eigenvalue weighted by atomic mass is 35.5. The Balaban J connectivity index is 0.00000306. The Bertz CT molecular complexity index is 1030. The minimum absolute atomic E-state index is 0. The average molecular weight is 517 g/mol. The maximum atomic E-state index is 12.2. The summed E-state index contributed by atoms with van der Waals surface area (Å²) in [6, 6.07) is 14.7. The molecule has 1 saturated carbocycles. The van der Waals surface area contributed by atoms with Crippen molar-refractivity contribution in [3.63, 3.8) is 0 Å². The average Bonchev–Trinajstić information content (AvgIpc) is 2.76. The Morgan fingerprint density at radius 2 is 1.82 bits per heavy atom. The molecule has 1 aliphatic heterocycles. The third-order valence-electron chi connectivity index (χ3n) is 6.85. The fourth-order valence-corrected chi connectivity index (χ4v) is 6.48. The van der Waals surface area contributed by atoms with E-state index in [4.69, 9.17) is 16.3 Å². The number of hydrogen-bond acceptors (Lipinski definition) is 4. The standard InChI is InChI=1S/C25H31ClFNO3S.ClH/c26-21-7-5-20(6-8-21)25(11-1-12-25)24-23-18-22(9-4-19(23)10-14-28-24)31-15-3-17-32(29,30)16-2-13-27;/h4-9,18,24,28H,1-3,10-17H2;1H. The summed E-state index contributed by atoms with van der Waals surface area (Å²) in [5.41, 5.74) is 4.00. The van der Waals surface area contributed by atoms with E-state index in [1.165, 1.54) is 23.1 Å². The molecule has 0 saturated heterocycles. The lowest BCUT2D eigenvalue weighted by atomic mass is 9.58. The van der Waals surface area contributed by atoms with Gasteiger partial charge in [-0.25, -0.2) is 8.42 Å². The van der Waals surface area contributed by atoms with Gasteiger partial charge in [-0.3, -0.25) is 4.39 Å². The van der Waals surface area contributed by atoms with Gasteiger partial charge in [0.05, 0.1) is 24.8 Å². The topological polar surface area (TPSA) is 55.4 Å². The number of rotatable bonds is 10. The van der Waals surface area contributed by atoms with Gasteiger partial charge in [0.15, 0.2) is 9.84 Å². The monoisotopic (exact) mass is 515 g/mol.